The second-order valence-electron chi connectivity index (χ2n) is 8.00. The molecule has 2 aromatic carbocycles. The summed E-state index contributed by atoms with van der Waals surface area (Å²) in [7, 11) is 1.63. The molecule has 6 nitrogen and oxygen atoms in total. The van der Waals surface area contributed by atoms with Gasteiger partial charge in [0.25, 0.3) is 0 Å². The quantitative estimate of drug-likeness (QED) is 0.500. The molecule has 0 N–H and O–H groups in total. The molecule has 178 valence electrons. The Hall–Kier alpha value is -3.74. The van der Waals surface area contributed by atoms with Gasteiger partial charge in [-0.2, -0.15) is 0 Å². The third-order valence-electron chi connectivity index (χ3n) is 5.67. The molecule has 3 aromatic rings. The number of hydrogen-bond donors (Lipinski definition) is 0. The second-order valence-corrected chi connectivity index (χ2v) is 8.00. The summed E-state index contributed by atoms with van der Waals surface area (Å²) < 4.78 is 20.9. The van der Waals surface area contributed by atoms with Crippen LogP contribution in [0.3, 0.4) is 0 Å². The van der Waals surface area contributed by atoms with Gasteiger partial charge < -0.3 is 9.30 Å². The van der Waals surface area contributed by atoms with Crippen molar-refractivity contribution < 1.29 is 13.9 Å². The maximum absolute atomic E-state index is 13.4. The zero-order valence-electron chi connectivity index (χ0n) is 20.5. The molecule has 4 rings (SSSR count). The van der Waals surface area contributed by atoms with Crippen molar-refractivity contribution in [3.8, 4) is 11.4 Å². The van der Waals surface area contributed by atoms with E-state index in [1.54, 1.807) is 30.5 Å². The third-order valence-corrected chi connectivity index (χ3v) is 5.67. The van der Waals surface area contributed by atoms with Crippen LogP contribution in [0.4, 0.5) is 4.39 Å². The number of methoxy groups -OCH3 is 1. The fraction of sp³-hybridized carbons (Fsp3) is 0.296. The van der Waals surface area contributed by atoms with Gasteiger partial charge in [0.1, 0.15) is 17.4 Å². The highest BCUT2D eigenvalue weighted by atomic mass is 19.1. The van der Waals surface area contributed by atoms with Gasteiger partial charge in [-0.3, -0.25) is 14.7 Å². The zero-order chi connectivity index (χ0) is 24.9. The molecule has 0 aliphatic carbocycles. The maximum Gasteiger partial charge on any atom is 0.225 e. The molecular weight excluding hydrogens is 431 g/mol. The summed E-state index contributed by atoms with van der Waals surface area (Å²) in [6.45, 7) is 9.79. The molecule has 0 saturated carbocycles. The van der Waals surface area contributed by atoms with E-state index in [0.717, 1.165) is 22.5 Å². The molecule has 0 radical (unpaired) electrons. The first-order valence-electron chi connectivity index (χ1n) is 11.3. The number of benzene rings is 2. The topological polar surface area (TPSA) is 59.7 Å². The van der Waals surface area contributed by atoms with Crippen LogP contribution in [-0.4, -0.2) is 39.8 Å². The van der Waals surface area contributed by atoms with Gasteiger partial charge in [-0.15, -0.1) is 0 Å². The number of aliphatic imine (C=N–C) groups is 1. The second kappa shape index (κ2) is 10.5. The fourth-order valence-electron chi connectivity index (χ4n) is 4.03. The molecule has 0 saturated heterocycles. The van der Waals surface area contributed by atoms with Gasteiger partial charge in [-0.25, -0.2) is 9.37 Å². The Labute approximate surface area is 200 Å². The monoisotopic (exact) mass is 462 g/mol. The molecule has 1 aliphatic rings. The van der Waals surface area contributed by atoms with E-state index in [9.17, 15) is 9.18 Å². The summed E-state index contributed by atoms with van der Waals surface area (Å²) in [4.78, 5) is 23.1. The largest absolute Gasteiger partial charge is 0.495 e. The standard InChI is InChI=1S/C25H25FN4O2.C2H6/c1-17-14-29(16-28-17)22-11-5-19(13-23(22)32-4)6-12-24-27-15-25(3,30(24)18(2)31)20-7-9-21(26)10-8-20;1-2/h5-14,16H,15H2,1-4H3;1-2H3/b12-6+;. The first kappa shape index (κ1) is 24.9. The smallest absolute Gasteiger partial charge is 0.225 e. The van der Waals surface area contributed by atoms with E-state index in [0.29, 0.717) is 18.1 Å². The lowest BCUT2D eigenvalue weighted by Gasteiger charge is -2.34. The Bertz CT molecular complexity index is 1210. The van der Waals surface area contributed by atoms with E-state index in [4.69, 9.17) is 4.74 Å². The fourth-order valence-corrected chi connectivity index (χ4v) is 4.03. The van der Waals surface area contributed by atoms with Crippen LogP contribution < -0.4 is 4.74 Å². The van der Waals surface area contributed by atoms with Crippen LogP contribution in [0.5, 0.6) is 5.75 Å². The zero-order valence-corrected chi connectivity index (χ0v) is 20.5. The Morgan fingerprint density at radius 3 is 2.44 bits per heavy atom. The lowest BCUT2D eigenvalue weighted by Crippen LogP contribution is -2.46. The minimum atomic E-state index is -0.667. The first-order valence-corrected chi connectivity index (χ1v) is 11.3. The average molecular weight is 463 g/mol. The summed E-state index contributed by atoms with van der Waals surface area (Å²) in [5.41, 5.74) is 2.88. The number of ether oxygens (including phenoxy) is 1. The number of carbonyl (C=O) groups is 1. The molecule has 1 amide bonds. The highest BCUT2D eigenvalue weighted by Crippen LogP contribution is 2.34. The van der Waals surface area contributed by atoms with Crippen LogP contribution in [0.25, 0.3) is 11.8 Å². The Morgan fingerprint density at radius 1 is 1.15 bits per heavy atom. The van der Waals surface area contributed by atoms with Crippen molar-refractivity contribution in [3.05, 3.63) is 83.7 Å². The van der Waals surface area contributed by atoms with Gasteiger partial charge in [0.2, 0.25) is 5.91 Å². The molecule has 7 heteroatoms. The predicted octanol–water partition coefficient (Wildman–Crippen LogP) is 5.54. The highest BCUT2D eigenvalue weighted by molar-refractivity contribution is 6.07. The number of nitrogens with zero attached hydrogens (tertiary/aromatic N) is 4. The molecule has 1 atom stereocenters. The van der Waals surface area contributed by atoms with E-state index in [-0.39, 0.29) is 11.7 Å². The molecule has 0 bridgehead atoms. The summed E-state index contributed by atoms with van der Waals surface area (Å²) in [5, 5.41) is 0. The van der Waals surface area contributed by atoms with E-state index >= 15 is 0 Å². The van der Waals surface area contributed by atoms with Crippen molar-refractivity contribution in [1.29, 1.82) is 0 Å². The lowest BCUT2D eigenvalue weighted by atomic mass is 9.91. The normalized spacial score (nSPS) is 17.4. The minimum absolute atomic E-state index is 0.124. The average Bonchev–Trinajstić information content (AvgIpc) is 3.42. The Morgan fingerprint density at radius 2 is 1.85 bits per heavy atom. The molecule has 0 spiro atoms. The highest BCUT2D eigenvalue weighted by Gasteiger charge is 2.42. The van der Waals surface area contributed by atoms with E-state index < -0.39 is 5.54 Å². The molecule has 2 heterocycles. The van der Waals surface area contributed by atoms with Gasteiger partial charge >= 0.3 is 0 Å². The third kappa shape index (κ3) is 4.93. The summed E-state index contributed by atoms with van der Waals surface area (Å²) in [6.07, 6.45) is 7.40. The molecular formula is C27H31FN4O2. The van der Waals surface area contributed by atoms with Crippen molar-refractivity contribution in [2.24, 2.45) is 4.99 Å². The SMILES string of the molecule is CC.COc1cc(/C=C/C2=NCC(C)(c3ccc(F)cc3)N2C(C)=O)ccc1-n1cnc(C)c1. The van der Waals surface area contributed by atoms with Gasteiger partial charge in [0.15, 0.2) is 0 Å². The molecule has 1 unspecified atom stereocenters. The number of hydrogen-bond acceptors (Lipinski definition) is 4. The number of halogens is 1. The summed E-state index contributed by atoms with van der Waals surface area (Å²) in [6, 6.07) is 12.1. The van der Waals surface area contributed by atoms with E-state index in [1.807, 2.05) is 68.8 Å². The minimum Gasteiger partial charge on any atom is -0.495 e. The number of aryl methyl sites for hydroxylation is 1. The number of rotatable bonds is 5. The Balaban J connectivity index is 0.00000158. The Kier molecular flexibility index (Phi) is 7.66. The summed E-state index contributed by atoms with van der Waals surface area (Å²) in [5.74, 6) is 0.838. The van der Waals surface area contributed by atoms with Crippen LogP contribution in [0.2, 0.25) is 0 Å². The van der Waals surface area contributed by atoms with Crippen molar-refractivity contribution in [3.63, 3.8) is 0 Å². The maximum atomic E-state index is 13.4. The molecule has 1 aliphatic heterocycles. The number of carbonyl (C=O) groups excluding carboxylic acids is 1. The lowest BCUT2D eigenvalue weighted by molar-refractivity contribution is -0.128. The van der Waals surface area contributed by atoms with E-state index in [2.05, 4.69) is 9.98 Å². The number of imidazole rings is 1. The first-order chi connectivity index (χ1) is 16.3. The number of amidine groups is 1. The predicted molar refractivity (Wildman–Crippen MR) is 134 cm³/mol. The van der Waals surface area contributed by atoms with Gasteiger partial charge in [0.05, 0.1) is 36.9 Å². The number of aromatic nitrogens is 2. The van der Waals surface area contributed by atoms with Crippen LogP contribution in [0.1, 0.15) is 44.5 Å². The van der Waals surface area contributed by atoms with Crippen LogP contribution in [-0.2, 0) is 10.3 Å². The van der Waals surface area contributed by atoms with Crippen LogP contribution in [0.15, 0.2) is 66.1 Å². The van der Waals surface area contributed by atoms with Crippen LogP contribution in [0, 0.1) is 12.7 Å². The van der Waals surface area contributed by atoms with E-state index in [1.165, 1.54) is 19.1 Å². The van der Waals surface area contributed by atoms with Gasteiger partial charge in [-0.05, 0) is 55.3 Å². The molecule has 1 aromatic heterocycles. The van der Waals surface area contributed by atoms with Gasteiger partial charge in [0, 0.05) is 13.1 Å². The number of amides is 1. The molecule has 34 heavy (non-hydrogen) atoms. The summed E-state index contributed by atoms with van der Waals surface area (Å²) >= 11 is 0. The van der Waals surface area contributed by atoms with Crippen molar-refractivity contribution in [1.82, 2.24) is 14.5 Å². The van der Waals surface area contributed by atoms with Crippen LogP contribution >= 0.6 is 0 Å². The van der Waals surface area contributed by atoms with Crippen molar-refractivity contribution >= 4 is 17.8 Å². The van der Waals surface area contributed by atoms with Crippen molar-refractivity contribution in [2.75, 3.05) is 13.7 Å². The molecule has 0 fully saturated rings. The van der Waals surface area contributed by atoms with Crippen molar-refractivity contribution in [2.45, 2.75) is 40.2 Å². The van der Waals surface area contributed by atoms with Gasteiger partial charge in [-0.1, -0.05) is 38.1 Å².